The van der Waals surface area contributed by atoms with Crippen molar-refractivity contribution < 1.29 is 23.5 Å². The first-order chi connectivity index (χ1) is 15.9. The minimum absolute atomic E-state index is 0.0199. The molecule has 4 rings (SSSR count). The van der Waals surface area contributed by atoms with Crippen molar-refractivity contribution in [2.75, 3.05) is 12.1 Å². The van der Waals surface area contributed by atoms with Crippen molar-refractivity contribution in [2.24, 2.45) is 0 Å². The van der Waals surface area contributed by atoms with Crippen LogP contribution in [0.25, 0.3) is 6.08 Å². The topological polar surface area (TPSA) is 67.9 Å². The predicted octanol–water partition coefficient (Wildman–Crippen LogP) is 5.40. The lowest BCUT2D eigenvalue weighted by molar-refractivity contribution is -0.117. The van der Waals surface area contributed by atoms with Gasteiger partial charge in [0.2, 0.25) is 0 Å². The number of hydrazine groups is 1. The Morgan fingerprint density at radius 2 is 1.73 bits per heavy atom. The maximum atomic E-state index is 13.1. The van der Waals surface area contributed by atoms with Gasteiger partial charge in [-0.25, -0.2) is 9.40 Å². The number of benzene rings is 3. The lowest BCUT2D eigenvalue weighted by atomic mass is 10.1. The van der Waals surface area contributed by atoms with E-state index < -0.39 is 11.8 Å². The Morgan fingerprint density at radius 1 is 1.03 bits per heavy atom. The van der Waals surface area contributed by atoms with Gasteiger partial charge in [-0.1, -0.05) is 30.3 Å². The van der Waals surface area contributed by atoms with Crippen molar-refractivity contribution in [2.45, 2.75) is 6.61 Å². The van der Waals surface area contributed by atoms with E-state index in [1.165, 1.54) is 30.3 Å². The van der Waals surface area contributed by atoms with Gasteiger partial charge in [0, 0.05) is 4.47 Å². The van der Waals surface area contributed by atoms with Gasteiger partial charge in [0.15, 0.2) is 11.5 Å². The molecule has 1 aliphatic rings. The van der Waals surface area contributed by atoms with Gasteiger partial charge in [0.1, 0.15) is 18.0 Å². The average Bonchev–Trinajstić information content (AvgIpc) is 3.11. The summed E-state index contributed by atoms with van der Waals surface area (Å²) in [6, 6.07) is 16.5. The molecule has 168 valence electrons. The molecular formula is C24H17Br2FN2O4. The van der Waals surface area contributed by atoms with Gasteiger partial charge in [-0.2, -0.15) is 0 Å². The predicted molar refractivity (Wildman–Crippen MR) is 129 cm³/mol. The number of para-hydroxylation sites is 1. The van der Waals surface area contributed by atoms with Crippen LogP contribution in [0.15, 0.2) is 75.2 Å². The lowest BCUT2D eigenvalue weighted by Crippen LogP contribution is -2.35. The molecule has 0 unspecified atom stereocenters. The van der Waals surface area contributed by atoms with Crippen molar-refractivity contribution in [1.82, 2.24) is 5.43 Å². The number of hydrogen-bond acceptors (Lipinski definition) is 4. The molecule has 0 saturated carbocycles. The second-order valence-electron chi connectivity index (χ2n) is 7.02. The molecule has 1 N–H and O–H groups in total. The van der Waals surface area contributed by atoms with Gasteiger partial charge < -0.3 is 9.47 Å². The van der Waals surface area contributed by atoms with Gasteiger partial charge in [-0.3, -0.25) is 15.0 Å². The summed E-state index contributed by atoms with van der Waals surface area (Å²) in [6.45, 7) is 0.190. The maximum absolute atomic E-state index is 13.1. The highest BCUT2D eigenvalue weighted by molar-refractivity contribution is 9.13. The highest BCUT2D eigenvalue weighted by atomic mass is 79.9. The number of amides is 2. The Hall–Kier alpha value is -3.17. The van der Waals surface area contributed by atoms with Crippen LogP contribution in [0, 0.1) is 5.82 Å². The Kier molecular flexibility index (Phi) is 6.80. The number of anilines is 1. The SMILES string of the molecule is COc1cc(/C=C2/C(=O)NN(c3ccccc3)C2=O)c(Br)c(Br)c1OCc1ccc(F)cc1. The van der Waals surface area contributed by atoms with Crippen molar-refractivity contribution >= 4 is 55.4 Å². The van der Waals surface area contributed by atoms with E-state index >= 15 is 0 Å². The third-order valence-electron chi connectivity index (χ3n) is 4.88. The normalized spacial score (nSPS) is 14.5. The number of carbonyl (C=O) groups is 2. The first-order valence-electron chi connectivity index (χ1n) is 9.74. The van der Waals surface area contributed by atoms with Crippen molar-refractivity contribution in [3.05, 3.63) is 92.1 Å². The smallest absolute Gasteiger partial charge is 0.282 e. The van der Waals surface area contributed by atoms with E-state index in [0.29, 0.717) is 31.7 Å². The van der Waals surface area contributed by atoms with Crippen molar-refractivity contribution in [3.63, 3.8) is 0 Å². The second-order valence-corrected chi connectivity index (χ2v) is 8.60. The molecule has 0 spiro atoms. The summed E-state index contributed by atoms with van der Waals surface area (Å²) >= 11 is 7.00. The summed E-state index contributed by atoms with van der Waals surface area (Å²) in [6.07, 6.45) is 1.49. The molecule has 1 fully saturated rings. The van der Waals surface area contributed by atoms with Crippen LogP contribution >= 0.6 is 31.9 Å². The molecule has 9 heteroatoms. The number of nitrogens with zero attached hydrogens (tertiary/aromatic N) is 1. The van der Waals surface area contributed by atoms with Gasteiger partial charge in [0.25, 0.3) is 11.8 Å². The number of halogens is 3. The van der Waals surface area contributed by atoms with Crippen LogP contribution in [0.1, 0.15) is 11.1 Å². The molecule has 6 nitrogen and oxygen atoms in total. The van der Waals surface area contributed by atoms with E-state index in [1.54, 1.807) is 42.5 Å². The lowest BCUT2D eigenvalue weighted by Gasteiger charge is -2.16. The minimum Gasteiger partial charge on any atom is -0.493 e. The second kappa shape index (κ2) is 9.76. The zero-order valence-electron chi connectivity index (χ0n) is 17.3. The number of nitrogens with one attached hydrogen (secondary N) is 1. The van der Waals surface area contributed by atoms with Crippen LogP contribution in [0.2, 0.25) is 0 Å². The Bertz CT molecular complexity index is 1250. The van der Waals surface area contributed by atoms with Crippen molar-refractivity contribution in [3.8, 4) is 11.5 Å². The number of ether oxygens (including phenoxy) is 2. The number of rotatable bonds is 6. The largest absolute Gasteiger partial charge is 0.493 e. The zero-order chi connectivity index (χ0) is 23.5. The zero-order valence-corrected chi connectivity index (χ0v) is 20.4. The molecule has 0 radical (unpaired) electrons. The Labute approximate surface area is 206 Å². The van der Waals surface area contributed by atoms with Crippen LogP contribution in [0.5, 0.6) is 11.5 Å². The third-order valence-corrected chi connectivity index (χ3v) is 7.02. The van der Waals surface area contributed by atoms with E-state index in [4.69, 9.17) is 9.47 Å². The van der Waals surface area contributed by atoms with Gasteiger partial charge >= 0.3 is 0 Å². The minimum atomic E-state index is -0.512. The molecule has 1 saturated heterocycles. The van der Waals surface area contributed by atoms with Crippen LogP contribution < -0.4 is 19.9 Å². The Morgan fingerprint density at radius 3 is 2.39 bits per heavy atom. The first kappa shape index (κ1) is 23.0. The monoisotopic (exact) mass is 574 g/mol. The molecule has 0 bridgehead atoms. The molecule has 3 aromatic rings. The molecule has 0 aromatic heterocycles. The van der Waals surface area contributed by atoms with Crippen LogP contribution in [-0.2, 0) is 16.2 Å². The summed E-state index contributed by atoms with van der Waals surface area (Å²) in [4.78, 5) is 25.4. The van der Waals surface area contributed by atoms with Crippen LogP contribution in [-0.4, -0.2) is 18.9 Å². The highest BCUT2D eigenvalue weighted by Gasteiger charge is 2.34. The first-order valence-corrected chi connectivity index (χ1v) is 11.3. The molecule has 0 atom stereocenters. The van der Waals surface area contributed by atoms with Gasteiger partial charge in [-0.05, 0) is 79.4 Å². The summed E-state index contributed by atoms with van der Waals surface area (Å²) in [7, 11) is 1.49. The van der Waals surface area contributed by atoms with E-state index in [1.807, 2.05) is 6.07 Å². The molecule has 33 heavy (non-hydrogen) atoms. The maximum Gasteiger partial charge on any atom is 0.282 e. The average molecular weight is 576 g/mol. The highest BCUT2D eigenvalue weighted by Crippen LogP contribution is 2.44. The Balaban J connectivity index is 1.64. The van der Waals surface area contributed by atoms with E-state index in [2.05, 4.69) is 37.3 Å². The molecular weight excluding hydrogens is 559 g/mol. The fraction of sp³-hybridized carbons (Fsp3) is 0.0833. The number of carbonyl (C=O) groups excluding carboxylic acids is 2. The summed E-state index contributed by atoms with van der Waals surface area (Å²) in [5.74, 6) is -0.491. The number of methoxy groups -OCH3 is 1. The molecule has 3 aromatic carbocycles. The van der Waals surface area contributed by atoms with E-state index in [-0.39, 0.29) is 18.0 Å². The van der Waals surface area contributed by atoms with E-state index in [0.717, 1.165) is 5.56 Å². The molecule has 2 amide bonds. The quantitative estimate of drug-likeness (QED) is 0.316. The fourth-order valence-corrected chi connectivity index (χ4v) is 4.15. The molecule has 1 aliphatic heterocycles. The van der Waals surface area contributed by atoms with Crippen molar-refractivity contribution in [1.29, 1.82) is 0 Å². The number of hydrogen-bond donors (Lipinski definition) is 1. The van der Waals surface area contributed by atoms with Crippen LogP contribution in [0.4, 0.5) is 10.1 Å². The van der Waals surface area contributed by atoms with Crippen LogP contribution in [0.3, 0.4) is 0 Å². The third kappa shape index (κ3) is 4.79. The molecule has 1 heterocycles. The summed E-state index contributed by atoms with van der Waals surface area (Å²) < 4.78 is 25.6. The summed E-state index contributed by atoms with van der Waals surface area (Å²) in [5.41, 5.74) is 4.43. The summed E-state index contributed by atoms with van der Waals surface area (Å²) in [5, 5.41) is 1.20. The molecule has 0 aliphatic carbocycles. The fourth-order valence-electron chi connectivity index (χ4n) is 3.20. The standard InChI is InChI=1S/C24H17Br2FN2O4/c1-32-19-12-15(11-18-23(30)28-29(24(18)31)17-5-3-2-4-6-17)20(25)21(26)22(19)33-13-14-7-9-16(27)10-8-14/h2-12H,13H2,1H3,(H,28,30)/b18-11-. The van der Waals surface area contributed by atoms with E-state index in [9.17, 15) is 14.0 Å². The van der Waals surface area contributed by atoms with Gasteiger partial charge in [-0.15, -0.1) is 0 Å². The van der Waals surface area contributed by atoms with Gasteiger partial charge in [0.05, 0.1) is 17.3 Å².